The van der Waals surface area contributed by atoms with Crippen molar-refractivity contribution in [2.75, 3.05) is 40.8 Å². The van der Waals surface area contributed by atoms with Gasteiger partial charge in [-0.2, -0.15) is 0 Å². The molecule has 1 fully saturated rings. The third kappa shape index (κ3) is 4.67. The maximum atomic E-state index is 12.4. The van der Waals surface area contributed by atoms with Crippen molar-refractivity contribution in [3.8, 4) is 0 Å². The van der Waals surface area contributed by atoms with E-state index in [0.29, 0.717) is 19.6 Å². The molecule has 1 aliphatic heterocycles. The van der Waals surface area contributed by atoms with Crippen LogP contribution in [-0.4, -0.2) is 78.1 Å². The van der Waals surface area contributed by atoms with Crippen LogP contribution in [-0.2, 0) is 4.79 Å². The third-order valence-electron chi connectivity index (χ3n) is 3.42. The number of aliphatic hydroxyl groups is 1. The predicted molar refractivity (Wildman–Crippen MR) is 77.3 cm³/mol. The predicted octanol–water partition coefficient (Wildman–Crippen LogP) is 0.609. The molecule has 1 saturated heterocycles. The molecule has 0 aromatic rings. The van der Waals surface area contributed by atoms with Crippen LogP contribution in [0.25, 0.3) is 0 Å². The van der Waals surface area contributed by atoms with Crippen LogP contribution in [0.4, 0.5) is 4.79 Å². The number of piperidine rings is 1. The van der Waals surface area contributed by atoms with Gasteiger partial charge in [0.2, 0.25) is 5.91 Å². The van der Waals surface area contributed by atoms with E-state index in [-0.39, 0.29) is 17.9 Å². The Kier molecular flexibility index (Phi) is 5.39. The van der Waals surface area contributed by atoms with E-state index >= 15 is 0 Å². The minimum atomic E-state index is -0.905. The Morgan fingerprint density at radius 2 is 1.90 bits per heavy atom. The Morgan fingerprint density at radius 3 is 2.40 bits per heavy atom. The fourth-order valence-corrected chi connectivity index (χ4v) is 2.61. The minimum absolute atomic E-state index is 0.00313. The zero-order chi connectivity index (χ0) is 15.5. The summed E-state index contributed by atoms with van der Waals surface area (Å²) in [6.45, 7) is 4.82. The minimum Gasteiger partial charge on any atom is -0.389 e. The third-order valence-corrected chi connectivity index (χ3v) is 3.42. The number of carbonyl (C=O) groups excluding carboxylic acids is 2. The molecule has 1 N–H and O–H groups in total. The lowest BCUT2D eigenvalue weighted by molar-refractivity contribution is -0.138. The molecular formula is C14H27N3O3. The van der Waals surface area contributed by atoms with Gasteiger partial charge < -0.3 is 19.8 Å². The van der Waals surface area contributed by atoms with Gasteiger partial charge >= 0.3 is 6.03 Å². The van der Waals surface area contributed by atoms with E-state index in [2.05, 4.69) is 0 Å². The van der Waals surface area contributed by atoms with Gasteiger partial charge in [0.1, 0.15) is 0 Å². The molecule has 0 bridgehead atoms. The molecule has 20 heavy (non-hydrogen) atoms. The van der Waals surface area contributed by atoms with Gasteiger partial charge in [0, 0.05) is 40.8 Å². The van der Waals surface area contributed by atoms with Gasteiger partial charge in [-0.25, -0.2) is 4.79 Å². The fourth-order valence-electron chi connectivity index (χ4n) is 2.61. The summed E-state index contributed by atoms with van der Waals surface area (Å²) < 4.78 is 0. The average Bonchev–Trinajstić information content (AvgIpc) is 2.35. The van der Waals surface area contributed by atoms with Crippen LogP contribution in [0, 0.1) is 5.92 Å². The summed E-state index contributed by atoms with van der Waals surface area (Å²) >= 11 is 0. The second-order valence-electron chi connectivity index (χ2n) is 6.47. The van der Waals surface area contributed by atoms with E-state index < -0.39 is 5.60 Å². The lowest BCUT2D eigenvalue weighted by Crippen LogP contribution is -2.50. The van der Waals surface area contributed by atoms with Gasteiger partial charge in [-0.15, -0.1) is 0 Å². The molecule has 116 valence electrons. The molecule has 1 atom stereocenters. The second kappa shape index (κ2) is 6.43. The molecule has 0 spiro atoms. The molecule has 6 heteroatoms. The lowest BCUT2D eigenvalue weighted by Gasteiger charge is -2.36. The molecule has 6 nitrogen and oxygen atoms in total. The van der Waals surface area contributed by atoms with E-state index in [4.69, 9.17) is 0 Å². The molecular weight excluding hydrogens is 258 g/mol. The first-order valence-corrected chi connectivity index (χ1v) is 7.05. The summed E-state index contributed by atoms with van der Waals surface area (Å²) in [4.78, 5) is 29.2. The van der Waals surface area contributed by atoms with E-state index in [1.807, 2.05) is 0 Å². The van der Waals surface area contributed by atoms with Crippen LogP contribution in [0.2, 0.25) is 0 Å². The first-order chi connectivity index (χ1) is 9.11. The quantitative estimate of drug-likeness (QED) is 0.826. The normalized spacial score (nSPS) is 19.7. The van der Waals surface area contributed by atoms with Crippen molar-refractivity contribution in [3.63, 3.8) is 0 Å². The van der Waals surface area contributed by atoms with Gasteiger partial charge in [0.15, 0.2) is 0 Å². The number of rotatable bonds is 3. The summed E-state index contributed by atoms with van der Waals surface area (Å²) in [6.07, 6.45) is 1.64. The van der Waals surface area contributed by atoms with Crippen molar-refractivity contribution in [2.45, 2.75) is 32.3 Å². The topological polar surface area (TPSA) is 64.1 Å². The van der Waals surface area contributed by atoms with Gasteiger partial charge in [-0.05, 0) is 26.7 Å². The average molecular weight is 285 g/mol. The van der Waals surface area contributed by atoms with E-state index in [1.54, 1.807) is 44.8 Å². The molecule has 0 aromatic carbocycles. The molecule has 0 radical (unpaired) electrons. The van der Waals surface area contributed by atoms with Crippen molar-refractivity contribution in [3.05, 3.63) is 0 Å². The Hall–Kier alpha value is -1.30. The number of likely N-dealkylation sites (N-methyl/N-ethyl adjacent to an activating group) is 1. The highest BCUT2D eigenvalue weighted by Gasteiger charge is 2.32. The molecule has 1 rings (SSSR count). The first kappa shape index (κ1) is 16.8. The van der Waals surface area contributed by atoms with Crippen LogP contribution in [0.15, 0.2) is 0 Å². The van der Waals surface area contributed by atoms with Crippen molar-refractivity contribution in [1.82, 2.24) is 14.7 Å². The molecule has 3 amide bonds. The molecule has 1 aliphatic rings. The van der Waals surface area contributed by atoms with E-state index in [0.717, 1.165) is 12.8 Å². The van der Waals surface area contributed by atoms with Crippen LogP contribution >= 0.6 is 0 Å². The summed E-state index contributed by atoms with van der Waals surface area (Å²) in [6, 6.07) is -0.0485. The standard InChI is InChI=1S/C14H27N3O3/c1-14(2,20)10-16(5)12(18)11-7-6-8-17(9-11)13(19)15(3)4/h11,20H,6-10H2,1-5H3. The summed E-state index contributed by atoms with van der Waals surface area (Å²) in [5.41, 5.74) is -0.905. The van der Waals surface area contributed by atoms with E-state index in [1.165, 1.54) is 4.90 Å². The lowest BCUT2D eigenvalue weighted by atomic mass is 9.96. The van der Waals surface area contributed by atoms with Crippen molar-refractivity contribution < 1.29 is 14.7 Å². The zero-order valence-corrected chi connectivity index (χ0v) is 13.2. The number of urea groups is 1. The van der Waals surface area contributed by atoms with Crippen LogP contribution in [0.5, 0.6) is 0 Å². The maximum absolute atomic E-state index is 12.4. The number of likely N-dealkylation sites (tertiary alicyclic amines) is 1. The van der Waals surface area contributed by atoms with Crippen molar-refractivity contribution in [1.29, 1.82) is 0 Å². The fraction of sp³-hybridized carbons (Fsp3) is 0.857. The Balaban J connectivity index is 2.62. The summed E-state index contributed by atoms with van der Waals surface area (Å²) in [5, 5.41) is 9.78. The van der Waals surface area contributed by atoms with Crippen LogP contribution < -0.4 is 0 Å². The molecule has 0 saturated carbocycles. The maximum Gasteiger partial charge on any atom is 0.319 e. The highest BCUT2D eigenvalue weighted by Crippen LogP contribution is 2.20. The number of hydrogen-bond acceptors (Lipinski definition) is 3. The number of nitrogens with zero attached hydrogens (tertiary/aromatic N) is 3. The highest BCUT2D eigenvalue weighted by molar-refractivity contribution is 5.80. The van der Waals surface area contributed by atoms with Crippen molar-refractivity contribution >= 4 is 11.9 Å². The SMILES string of the molecule is CN(C)C(=O)N1CCCC(C(=O)N(C)CC(C)(C)O)C1. The van der Waals surface area contributed by atoms with Crippen LogP contribution in [0.1, 0.15) is 26.7 Å². The largest absolute Gasteiger partial charge is 0.389 e. The van der Waals surface area contributed by atoms with Crippen molar-refractivity contribution in [2.24, 2.45) is 5.92 Å². The monoisotopic (exact) mass is 285 g/mol. The van der Waals surface area contributed by atoms with Crippen LogP contribution in [0.3, 0.4) is 0 Å². The molecule has 0 aromatic heterocycles. The van der Waals surface area contributed by atoms with E-state index in [9.17, 15) is 14.7 Å². The van der Waals surface area contributed by atoms with Gasteiger partial charge in [-0.1, -0.05) is 0 Å². The molecule has 0 aliphatic carbocycles. The smallest absolute Gasteiger partial charge is 0.319 e. The van der Waals surface area contributed by atoms with Gasteiger partial charge in [0.25, 0.3) is 0 Å². The number of amides is 3. The Labute approximate surface area is 121 Å². The first-order valence-electron chi connectivity index (χ1n) is 7.05. The molecule has 1 unspecified atom stereocenters. The second-order valence-corrected chi connectivity index (χ2v) is 6.47. The zero-order valence-electron chi connectivity index (χ0n) is 13.2. The summed E-state index contributed by atoms with van der Waals surface area (Å²) in [5.74, 6) is -0.164. The molecule has 1 heterocycles. The van der Waals surface area contributed by atoms with Gasteiger partial charge in [-0.3, -0.25) is 4.79 Å². The highest BCUT2D eigenvalue weighted by atomic mass is 16.3. The number of hydrogen-bond donors (Lipinski definition) is 1. The van der Waals surface area contributed by atoms with Gasteiger partial charge in [0.05, 0.1) is 11.5 Å². The Morgan fingerprint density at radius 1 is 1.30 bits per heavy atom. The number of carbonyl (C=O) groups is 2. The Bertz CT molecular complexity index is 363. The summed E-state index contributed by atoms with van der Waals surface area (Å²) in [7, 11) is 5.13.